The fourth-order valence-electron chi connectivity index (χ4n) is 9.30. The summed E-state index contributed by atoms with van der Waals surface area (Å²) in [7, 11) is 6.16. The van der Waals surface area contributed by atoms with E-state index in [1.54, 1.807) is 31.2 Å². The van der Waals surface area contributed by atoms with Gasteiger partial charge in [0.25, 0.3) is 0 Å². The van der Waals surface area contributed by atoms with Gasteiger partial charge in [0.1, 0.15) is 57.8 Å². The van der Waals surface area contributed by atoms with E-state index in [4.69, 9.17) is 51.9 Å². The van der Waals surface area contributed by atoms with Crippen molar-refractivity contribution in [2.75, 3.05) is 118 Å². The summed E-state index contributed by atoms with van der Waals surface area (Å²) in [5.74, 6) is -0.175. The van der Waals surface area contributed by atoms with Crippen LogP contribution in [0.1, 0.15) is 0 Å². The van der Waals surface area contributed by atoms with Crippen LogP contribution in [0.5, 0.6) is 34.8 Å². The number of nitrogens with zero attached hydrogens (tertiary/aromatic N) is 9. The minimum absolute atomic E-state index is 0.0861. The van der Waals surface area contributed by atoms with E-state index in [2.05, 4.69) is 108 Å². The Labute approximate surface area is 507 Å². The van der Waals surface area contributed by atoms with Gasteiger partial charge in [0.05, 0.1) is 35.6 Å². The molecule has 86 heavy (non-hydrogen) atoms. The van der Waals surface area contributed by atoms with E-state index in [1.807, 2.05) is 36.4 Å². The second kappa shape index (κ2) is 27.7. The van der Waals surface area contributed by atoms with E-state index in [0.29, 0.717) is 61.6 Å². The molecule has 4 aromatic carbocycles. The minimum atomic E-state index is -1.29. The fourth-order valence-corrected chi connectivity index (χ4v) is 10.6. The van der Waals surface area contributed by atoms with Crippen molar-refractivity contribution in [2.24, 2.45) is 0 Å². The summed E-state index contributed by atoms with van der Waals surface area (Å²) in [5, 5.41) is 13.0. The number of carbonyl (C=O) groups excluding carboxylic acids is 2. The molecule has 26 heteroatoms. The number of ether oxygens (including phenoxy) is 5. The molecule has 0 radical (unpaired) electrons. The molecule has 2 aliphatic rings. The number of halogens is 4. The Morgan fingerprint density at radius 2 is 1.15 bits per heavy atom. The molecule has 5 N–H and O–H groups in total. The fraction of sp³-hybridized carbons (Fsp3) is 0.300. The largest absolute Gasteiger partial charge is 0.494 e. The Hall–Kier alpha value is -8.52. The molecule has 21 nitrogen and oxygen atoms in total. The quantitative estimate of drug-likeness (QED) is 0.0257. The summed E-state index contributed by atoms with van der Waals surface area (Å²) in [4.78, 5) is 54.3. The molecule has 0 bridgehead atoms. The molecular weight excluding hydrogens is 1170 g/mol. The highest BCUT2D eigenvalue weighted by Crippen LogP contribution is 2.40. The second-order valence-electron chi connectivity index (χ2n) is 21.6. The van der Waals surface area contributed by atoms with Crippen LogP contribution in [0, 0.1) is 11.6 Å². The number of fused-ring (bicyclic) bond motifs is 2. The van der Waals surface area contributed by atoms with Crippen LogP contribution in [0.2, 0.25) is 35.7 Å². The first-order valence-electron chi connectivity index (χ1n) is 27.5. The smallest absolute Gasteiger partial charge is 0.247 e. The van der Waals surface area contributed by atoms with Crippen LogP contribution < -0.4 is 50.0 Å². The number of nitrogens with one attached hydrogen (secondary N) is 5. The van der Waals surface area contributed by atoms with Gasteiger partial charge < -0.3 is 74.1 Å². The number of hydrogen-bond acceptors (Lipinski definition) is 17. The SMILES string of the molecule is C=CC(=O)Nc1cc(F)cc(Oc2nc(Nc3ccc(N4CCN(C)CC4)cc3OC)nc3[nH]cc(Cl)c23)c1.C=CC(=O)Nc1cc(F)cc(Oc2nc(Nc3ccc(N4CCN(C)CC4)cc3OC)nc3c2c(Cl)cn3COCC[Si](C)(C)C)c1. The van der Waals surface area contributed by atoms with E-state index >= 15 is 0 Å². The lowest BCUT2D eigenvalue weighted by molar-refractivity contribution is -0.112. The number of rotatable bonds is 21. The molecule has 10 rings (SSSR count). The van der Waals surface area contributed by atoms with Gasteiger partial charge in [-0.3, -0.25) is 9.59 Å². The van der Waals surface area contributed by atoms with Gasteiger partial charge in [-0.05, 0) is 68.7 Å². The van der Waals surface area contributed by atoms with Gasteiger partial charge in [-0.25, -0.2) is 8.78 Å². The molecule has 4 aromatic heterocycles. The van der Waals surface area contributed by atoms with Crippen LogP contribution in [-0.2, 0) is 21.1 Å². The number of hydrogen-bond donors (Lipinski definition) is 5. The summed E-state index contributed by atoms with van der Waals surface area (Å²) in [6.45, 7) is 22.2. The summed E-state index contributed by atoms with van der Waals surface area (Å²) in [5.41, 5.74) is 4.68. The van der Waals surface area contributed by atoms with Crippen molar-refractivity contribution in [3.63, 3.8) is 0 Å². The molecule has 0 saturated carbocycles. The summed E-state index contributed by atoms with van der Waals surface area (Å²) < 4.78 is 60.2. The molecule has 2 aliphatic heterocycles. The number of likely N-dealkylation sites (N-methyl/N-ethyl adjacent to an activating group) is 2. The molecule has 452 valence electrons. The third-order valence-corrected chi connectivity index (χ3v) is 16.3. The average molecular weight is 1230 g/mol. The first-order valence-corrected chi connectivity index (χ1v) is 32.0. The maximum absolute atomic E-state index is 14.6. The Morgan fingerprint density at radius 1 is 0.663 bits per heavy atom. The molecule has 0 aliphatic carbocycles. The van der Waals surface area contributed by atoms with Crippen LogP contribution in [0.3, 0.4) is 0 Å². The lowest BCUT2D eigenvalue weighted by atomic mass is 10.2. The van der Waals surface area contributed by atoms with E-state index in [0.717, 1.165) is 88.0 Å². The van der Waals surface area contributed by atoms with Crippen LogP contribution in [-0.4, -0.2) is 146 Å². The highest BCUT2D eigenvalue weighted by atomic mass is 35.5. The molecule has 0 atom stereocenters. The highest BCUT2D eigenvalue weighted by molar-refractivity contribution is 6.76. The number of anilines is 8. The first kappa shape index (κ1) is 62.0. The highest BCUT2D eigenvalue weighted by Gasteiger charge is 2.24. The number of benzene rings is 4. The standard InChI is InChI=1S/C33H41ClFN7O4Si.C27H27ClFN7O3/c1-7-29(43)36-23-16-22(35)17-25(18-23)46-32-30-26(34)20-42(21-45-14-15-47(4,5)6)31(30)38-33(39-32)37-27-9-8-24(19-28(27)44-3)41-12-10-40(2)11-13-41;1-4-23(37)31-17-11-16(29)12-19(13-17)39-26-24-20(28)15-30-25(24)33-27(34-26)32-21-6-5-18(14-22(21)38-3)36-9-7-35(2)8-10-36/h7-9,16-20H,1,10-15,21H2,2-6H3,(H,36,43)(H,37,38,39);4-6,11-15H,1,7-10H2,2-3H3,(H,31,37)(H2,30,32,33,34). The predicted octanol–water partition coefficient (Wildman–Crippen LogP) is 12.1. The number of carbonyl (C=O) groups is 2. The topological polar surface area (TPSA) is 214 Å². The third kappa shape index (κ3) is 15.9. The monoisotopic (exact) mass is 1230 g/mol. The van der Waals surface area contributed by atoms with Gasteiger partial charge in [0.2, 0.25) is 35.5 Å². The summed E-state index contributed by atoms with van der Waals surface area (Å²) in [6, 6.07) is 20.5. The maximum atomic E-state index is 14.6. The average Bonchev–Trinajstić information content (AvgIpc) is 1.84. The lowest BCUT2D eigenvalue weighted by Gasteiger charge is -2.34. The van der Waals surface area contributed by atoms with E-state index < -0.39 is 31.5 Å². The zero-order chi connectivity index (χ0) is 61.2. The Balaban J connectivity index is 0.000000209. The molecular formula is C60H68Cl2F2N14O7Si. The molecule has 0 spiro atoms. The summed E-state index contributed by atoms with van der Waals surface area (Å²) in [6.07, 6.45) is 5.45. The maximum Gasteiger partial charge on any atom is 0.247 e. The Kier molecular flexibility index (Phi) is 20.0. The van der Waals surface area contributed by atoms with Crippen molar-refractivity contribution in [1.29, 1.82) is 0 Å². The number of H-pyrrole nitrogens is 1. The van der Waals surface area contributed by atoms with Crippen molar-refractivity contribution >= 4 is 111 Å². The van der Waals surface area contributed by atoms with E-state index in [1.165, 1.54) is 30.3 Å². The van der Waals surface area contributed by atoms with Crippen LogP contribution >= 0.6 is 23.2 Å². The second-order valence-corrected chi connectivity index (χ2v) is 28.0. The molecule has 0 unspecified atom stereocenters. The van der Waals surface area contributed by atoms with Gasteiger partial charge in [0.15, 0.2) is 5.65 Å². The van der Waals surface area contributed by atoms with Crippen molar-refractivity contribution in [1.82, 2.24) is 39.3 Å². The van der Waals surface area contributed by atoms with Crippen LogP contribution in [0.25, 0.3) is 22.1 Å². The third-order valence-electron chi connectivity index (χ3n) is 14.0. The van der Waals surface area contributed by atoms with E-state index in [-0.39, 0.29) is 53.3 Å². The van der Waals surface area contributed by atoms with Crippen molar-refractivity contribution in [3.05, 3.63) is 132 Å². The number of piperazine rings is 2. The minimum Gasteiger partial charge on any atom is -0.494 e. The number of amides is 2. The Bertz CT molecular complexity index is 3770. The Morgan fingerprint density at radius 3 is 1.63 bits per heavy atom. The number of methoxy groups -OCH3 is 2. The molecule has 2 fully saturated rings. The normalized spacial score (nSPS) is 13.8. The van der Waals surface area contributed by atoms with Gasteiger partial charge in [0, 0.05) is 139 Å². The first-order chi connectivity index (χ1) is 41.2. The van der Waals surface area contributed by atoms with Crippen molar-refractivity contribution in [3.8, 4) is 34.8 Å². The van der Waals surface area contributed by atoms with Gasteiger partial charge >= 0.3 is 0 Å². The van der Waals surface area contributed by atoms with Gasteiger partial charge in [-0.15, -0.1) is 0 Å². The molecule has 2 saturated heterocycles. The predicted molar refractivity (Wildman–Crippen MR) is 338 cm³/mol. The van der Waals surface area contributed by atoms with Crippen LogP contribution in [0.4, 0.5) is 54.8 Å². The van der Waals surface area contributed by atoms with Gasteiger partial charge in [-0.2, -0.15) is 19.9 Å². The van der Waals surface area contributed by atoms with Crippen molar-refractivity contribution in [2.45, 2.75) is 32.4 Å². The molecule has 2 amide bonds. The van der Waals surface area contributed by atoms with E-state index in [9.17, 15) is 18.4 Å². The van der Waals surface area contributed by atoms with Crippen LogP contribution in [0.15, 0.2) is 111 Å². The summed E-state index contributed by atoms with van der Waals surface area (Å²) >= 11 is 13.1. The number of aromatic nitrogens is 6. The zero-order valence-corrected chi connectivity index (χ0v) is 51.3. The number of aromatic amines is 1. The molecule has 6 heterocycles. The molecule has 8 aromatic rings. The lowest BCUT2D eigenvalue weighted by Crippen LogP contribution is -2.44. The van der Waals surface area contributed by atoms with Gasteiger partial charge in [-0.1, -0.05) is 56.0 Å². The van der Waals surface area contributed by atoms with Crippen molar-refractivity contribution < 1.29 is 42.1 Å². The zero-order valence-electron chi connectivity index (χ0n) is 48.8.